The maximum atomic E-state index is 11.8. The third-order valence-corrected chi connectivity index (χ3v) is 3.95. The zero-order valence-electron chi connectivity index (χ0n) is 9.72. The Labute approximate surface area is 100 Å². The fraction of sp³-hybridized carbons (Fsp3) is 0.300. The van der Waals surface area contributed by atoms with Crippen molar-refractivity contribution in [3.05, 3.63) is 18.2 Å². The van der Waals surface area contributed by atoms with Crippen molar-refractivity contribution < 1.29 is 17.9 Å². The van der Waals surface area contributed by atoms with E-state index < -0.39 is 10.0 Å². The standard InChI is InChI=1S/C10H13N2O4S/c1-12(2)17(14,15)8-4-5-10(16-3)9(6-8)11-7-13/h4-6H,1-3H3,(H,11,13). The van der Waals surface area contributed by atoms with Crippen LogP contribution >= 0.6 is 0 Å². The van der Waals surface area contributed by atoms with E-state index in [0.717, 1.165) is 4.31 Å². The molecule has 0 fully saturated rings. The molecule has 1 radical (unpaired) electrons. The van der Waals surface area contributed by atoms with E-state index in [0.29, 0.717) is 5.75 Å². The van der Waals surface area contributed by atoms with Crippen molar-refractivity contribution in [3.63, 3.8) is 0 Å². The summed E-state index contributed by atoms with van der Waals surface area (Å²) in [6.45, 7) is 0. The number of anilines is 1. The molecule has 0 aliphatic heterocycles. The van der Waals surface area contributed by atoms with E-state index in [1.807, 2.05) is 0 Å². The van der Waals surface area contributed by atoms with Crippen molar-refractivity contribution in [2.45, 2.75) is 4.90 Å². The molecule has 6 nitrogen and oxygen atoms in total. The minimum atomic E-state index is -3.53. The number of methoxy groups -OCH3 is 1. The number of sulfonamides is 1. The molecule has 0 aromatic heterocycles. The van der Waals surface area contributed by atoms with Crippen LogP contribution in [0.3, 0.4) is 0 Å². The van der Waals surface area contributed by atoms with Crippen LogP contribution in [-0.4, -0.2) is 40.3 Å². The highest BCUT2D eigenvalue weighted by molar-refractivity contribution is 7.89. The molecule has 0 saturated heterocycles. The van der Waals surface area contributed by atoms with Crippen LogP contribution in [0.2, 0.25) is 0 Å². The van der Waals surface area contributed by atoms with E-state index in [1.54, 1.807) is 0 Å². The van der Waals surface area contributed by atoms with Gasteiger partial charge in [-0.3, -0.25) is 4.79 Å². The van der Waals surface area contributed by atoms with Crippen LogP contribution in [0, 0.1) is 0 Å². The van der Waals surface area contributed by atoms with E-state index in [2.05, 4.69) is 5.32 Å². The monoisotopic (exact) mass is 257 g/mol. The van der Waals surface area contributed by atoms with E-state index in [1.165, 1.54) is 45.8 Å². The topological polar surface area (TPSA) is 75.7 Å². The molecule has 0 spiro atoms. The summed E-state index contributed by atoms with van der Waals surface area (Å²) in [5.74, 6) is 0.367. The second-order valence-corrected chi connectivity index (χ2v) is 5.53. The van der Waals surface area contributed by atoms with Crippen molar-refractivity contribution in [1.82, 2.24) is 4.31 Å². The van der Waals surface area contributed by atoms with Crippen molar-refractivity contribution in [2.24, 2.45) is 0 Å². The largest absolute Gasteiger partial charge is 0.495 e. The highest BCUT2D eigenvalue weighted by Gasteiger charge is 2.18. The first-order chi connectivity index (χ1) is 7.93. The number of benzene rings is 1. The van der Waals surface area contributed by atoms with Gasteiger partial charge in [0.05, 0.1) is 17.7 Å². The van der Waals surface area contributed by atoms with Crippen LogP contribution in [0.5, 0.6) is 5.75 Å². The van der Waals surface area contributed by atoms with Crippen LogP contribution in [-0.2, 0) is 14.8 Å². The van der Waals surface area contributed by atoms with Crippen molar-refractivity contribution in [1.29, 1.82) is 0 Å². The van der Waals surface area contributed by atoms with Gasteiger partial charge < -0.3 is 10.1 Å². The normalized spacial score (nSPS) is 11.3. The van der Waals surface area contributed by atoms with E-state index in [-0.39, 0.29) is 10.6 Å². The smallest absolute Gasteiger partial charge is 0.314 e. The first-order valence-corrected chi connectivity index (χ1v) is 6.11. The van der Waals surface area contributed by atoms with Crippen LogP contribution in [0.1, 0.15) is 0 Å². The van der Waals surface area contributed by atoms with Gasteiger partial charge in [0.1, 0.15) is 5.75 Å². The Hall–Kier alpha value is -1.60. The Morgan fingerprint density at radius 2 is 2.00 bits per heavy atom. The van der Waals surface area contributed by atoms with Gasteiger partial charge in [-0.15, -0.1) is 0 Å². The number of hydrogen-bond donors (Lipinski definition) is 1. The van der Waals surface area contributed by atoms with Gasteiger partial charge in [-0.2, -0.15) is 0 Å². The average molecular weight is 257 g/mol. The molecule has 93 valence electrons. The summed E-state index contributed by atoms with van der Waals surface area (Å²) in [5.41, 5.74) is 0.255. The summed E-state index contributed by atoms with van der Waals surface area (Å²) in [4.78, 5) is 10.4. The third kappa shape index (κ3) is 2.75. The van der Waals surface area contributed by atoms with Crippen LogP contribution in [0.25, 0.3) is 0 Å². The number of nitrogens with zero attached hydrogens (tertiary/aromatic N) is 1. The summed E-state index contributed by atoms with van der Waals surface area (Å²) in [6.07, 6.45) is 1.48. The van der Waals surface area contributed by atoms with Crippen molar-refractivity contribution >= 4 is 22.1 Å². The maximum Gasteiger partial charge on any atom is 0.314 e. The van der Waals surface area contributed by atoms with E-state index in [9.17, 15) is 13.2 Å². The van der Waals surface area contributed by atoms with Gasteiger partial charge in [0.2, 0.25) is 10.0 Å². The van der Waals surface area contributed by atoms with Crippen LogP contribution in [0.4, 0.5) is 5.69 Å². The lowest BCUT2D eigenvalue weighted by Gasteiger charge is -2.13. The number of hydrogen-bond acceptors (Lipinski definition) is 4. The Morgan fingerprint density at radius 3 is 2.47 bits per heavy atom. The lowest BCUT2D eigenvalue weighted by atomic mass is 10.3. The van der Waals surface area contributed by atoms with Gasteiger partial charge in [-0.25, -0.2) is 12.7 Å². The molecule has 0 unspecified atom stereocenters. The Bertz CT molecular complexity index is 511. The van der Waals surface area contributed by atoms with Crippen molar-refractivity contribution in [3.8, 4) is 5.75 Å². The predicted octanol–water partition coefficient (Wildman–Crippen LogP) is 0.425. The molecule has 0 aliphatic carbocycles. The zero-order chi connectivity index (χ0) is 13.1. The average Bonchev–Trinajstić information content (AvgIpc) is 2.29. The van der Waals surface area contributed by atoms with Gasteiger partial charge in [-0.05, 0) is 18.2 Å². The summed E-state index contributed by atoms with van der Waals surface area (Å²) >= 11 is 0. The number of carbonyl (C=O) groups excluding carboxylic acids is 1. The predicted molar refractivity (Wildman–Crippen MR) is 63.2 cm³/mol. The molecule has 17 heavy (non-hydrogen) atoms. The molecular weight excluding hydrogens is 244 g/mol. The molecule has 1 rings (SSSR count). The summed E-state index contributed by atoms with van der Waals surface area (Å²) in [6, 6.07) is 4.19. The van der Waals surface area contributed by atoms with E-state index in [4.69, 9.17) is 4.74 Å². The highest BCUT2D eigenvalue weighted by Crippen LogP contribution is 2.27. The molecule has 0 saturated carbocycles. The lowest BCUT2D eigenvalue weighted by molar-refractivity contribution is 0.416. The van der Waals surface area contributed by atoms with Gasteiger partial charge in [0, 0.05) is 14.1 Å². The van der Waals surface area contributed by atoms with Crippen LogP contribution < -0.4 is 10.1 Å². The molecule has 1 amide bonds. The minimum Gasteiger partial charge on any atom is -0.495 e. The molecule has 7 heteroatoms. The summed E-state index contributed by atoms with van der Waals surface area (Å²) in [7, 11) is 0.745. The summed E-state index contributed by atoms with van der Waals surface area (Å²) in [5, 5.41) is 2.26. The lowest BCUT2D eigenvalue weighted by Crippen LogP contribution is -2.22. The number of rotatable bonds is 5. The third-order valence-electron chi connectivity index (χ3n) is 2.14. The Morgan fingerprint density at radius 1 is 1.35 bits per heavy atom. The minimum absolute atomic E-state index is 0.0704. The van der Waals surface area contributed by atoms with Crippen molar-refractivity contribution in [2.75, 3.05) is 26.5 Å². The molecule has 0 aliphatic rings. The number of nitrogens with one attached hydrogen (secondary N) is 1. The molecular formula is C10H13N2O4S. The van der Waals surface area contributed by atoms with Gasteiger partial charge in [-0.1, -0.05) is 0 Å². The quantitative estimate of drug-likeness (QED) is 0.776. The molecule has 1 aromatic rings. The second kappa shape index (κ2) is 5.15. The fourth-order valence-electron chi connectivity index (χ4n) is 1.21. The number of ether oxygens (including phenoxy) is 1. The second-order valence-electron chi connectivity index (χ2n) is 3.38. The fourth-order valence-corrected chi connectivity index (χ4v) is 2.14. The van der Waals surface area contributed by atoms with Crippen LogP contribution in [0.15, 0.2) is 23.1 Å². The first-order valence-electron chi connectivity index (χ1n) is 4.67. The van der Waals surface area contributed by atoms with E-state index >= 15 is 0 Å². The molecule has 1 aromatic carbocycles. The highest BCUT2D eigenvalue weighted by atomic mass is 32.2. The molecule has 0 atom stereocenters. The summed E-state index contributed by atoms with van der Waals surface area (Å²) < 4.78 is 29.8. The molecule has 0 bridgehead atoms. The SMILES string of the molecule is COc1ccc(S(=O)(=O)N(C)C)cc1N[C]=O. The van der Waals surface area contributed by atoms with Gasteiger partial charge in [0.25, 0.3) is 0 Å². The zero-order valence-corrected chi connectivity index (χ0v) is 10.5. The first kappa shape index (κ1) is 13.5. The number of amides is 1. The molecule has 1 N–H and O–H groups in total. The molecule has 0 heterocycles. The maximum absolute atomic E-state index is 11.8. The Kier molecular flexibility index (Phi) is 4.08. The van der Waals surface area contributed by atoms with Gasteiger partial charge in [0.15, 0.2) is 0 Å². The van der Waals surface area contributed by atoms with Gasteiger partial charge >= 0.3 is 6.41 Å². The Balaban J connectivity index is 3.30.